The molecule has 0 aliphatic heterocycles. The molecule has 3 aromatic rings. The van der Waals surface area contributed by atoms with Crippen LogP contribution in [0.1, 0.15) is 16.7 Å². The summed E-state index contributed by atoms with van der Waals surface area (Å²) in [6, 6.07) is 19.5. The summed E-state index contributed by atoms with van der Waals surface area (Å²) in [5.74, 6) is -0.764. The second kappa shape index (κ2) is 7.83. The Bertz CT molecular complexity index is 957. The maximum atomic E-state index is 12.1. The number of benzene rings is 3. The molecule has 0 fully saturated rings. The molecule has 132 valence electrons. The van der Waals surface area contributed by atoms with Gasteiger partial charge in [0.2, 0.25) is 0 Å². The second-order valence-corrected chi connectivity index (χ2v) is 6.34. The zero-order valence-corrected chi connectivity index (χ0v) is 14.9. The maximum absolute atomic E-state index is 12.1. The topological polar surface area (TPSA) is 55.4 Å². The van der Waals surface area contributed by atoms with Crippen molar-refractivity contribution < 1.29 is 14.3 Å². The van der Waals surface area contributed by atoms with Gasteiger partial charge in [-0.15, -0.1) is 0 Å². The number of nitrogens with one attached hydrogen (secondary N) is 1. The van der Waals surface area contributed by atoms with Crippen molar-refractivity contribution >= 4 is 28.3 Å². The van der Waals surface area contributed by atoms with Crippen LogP contribution in [0.4, 0.5) is 5.69 Å². The normalized spacial score (nSPS) is 10.5. The smallest absolute Gasteiger partial charge is 0.310 e. The standard InChI is InChI=1S/C22H21NO3/c1-15-10-11-20(16(2)12-15)23-21(24)14-26-22(25)13-18-8-5-7-17-6-3-4-9-19(17)18/h3-12H,13-14H2,1-2H3,(H,23,24). The monoisotopic (exact) mass is 347 g/mol. The average molecular weight is 347 g/mol. The van der Waals surface area contributed by atoms with E-state index in [4.69, 9.17) is 4.74 Å². The molecule has 0 bridgehead atoms. The van der Waals surface area contributed by atoms with Gasteiger partial charge < -0.3 is 10.1 Å². The molecule has 0 atom stereocenters. The zero-order chi connectivity index (χ0) is 18.5. The van der Waals surface area contributed by atoms with Crippen molar-refractivity contribution in [2.45, 2.75) is 20.3 Å². The summed E-state index contributed by atoms with van der Waals surface area (Å²) < 4.78 is 5.14. The molecule has 0 heterocycles. The molecule has 1 N–H and O–H groups in total. The van der Waals surface area contributed by atoms with E-state index in [1.807, 2.05) is 74.5 Å². The van der Waals surface area contributed by atoms with Crippen molar-refractivity contribution in [3.63, 3.8) is 0 Å². The van der Waals surface area contributed by atoms with E-state index in [2.05, 4.69) is 5.32 Å². The number of carbonyl (C=O) groups is 2. The molecular weight excluding hydrogens is 326 g/mol. The third-order valence-corrected chi connectivity index (χ3v) is 4.23. The van der Waals surface area contributed by atoms with Gasteiger partial charge in [-0.2, -0.15) is 0 Å². The fourth-order valence-corrected chi connectivity index (χ4v) is 2.94. The molecule has 0 saturated heterocycles. The lowest BCUT2D eigenvalue weighted by atomic mass is 10.0. The highest BCUT2D eigenvalue weighted by molar-refractivity contribution is 5.94. The van der Waals surface area contributed by atoms with Gasteiger partial charge in [-0.05, 0) is 41.8 Å². The van der Waals surface area contributed by atoms with Gasteiger partial charge in [0.05, 0.1) is 6.42 Å². The first-order chi connectivity index (χ1) is 12.5. The zero-order valence-electron chi connectivity index (χ0n) is 14.9. The Kier molecular flexibility index (Phi) is 5.32. The highest BCUT2D eigenvalue weighted by atomic mass is 16.5. The molecule has 0 aromatic heterocycles. The van der Waals surface area contributed by atoms with Crippen LogP contribution in [0.15, 0.2) is 60.7 Å². The fourth-order valence-electron chi connectivity index (χ4n) is 2.94. The minimum absolute atomic E-state index is 0.137. The van der Waals surface area contributed by atoms with Crippen molar-refractivity contribution in [1.29, 1.82) is 0 Å². The molecule has 0 radical (unpaired) electrons. The minimum Gasteiger partial charge on any atom is -0.455 e. The maximum Gasteiger partial charge on any atom is 0.310 e. The van der Waals surface area contributed by atoms with Crippen LogP contribution < -0.4 is 5.32 Å². The molecule has 26 heavy (non-hydrogen) atoms. The highest BCUT2D eigenvalue weighted by Gasteiger charge is 2.11. The molecule has 0 aliphatic rings. The second-order valence-electron chi connectivity index (χ2n) is 6.34. The summed E-state index contributed by atoms with van der Waals surface area (Å²) >= 11 is 0. The SMILES string of the molecule is Cc1ccc(NC(=O)COC(=O)Cc2cccc3ccccc23)c(C)c1. The Labute approximate surface area is 152 Å². The number of amides is 1. The van der Waals surface area contributed by atoms with E-state index in [9.17, 15) is 9.59 Å². The van der Waals surface area contributed by atoms with Crippen LogP contribution in [0, 0.1) is 13.8 Å². The number of hydrogen-bond acceptors (Lipinski definition) is 3. The number of fused-ring (bicyclic) bond motifs is 1. The predicted octanol–water partition coefficient (Wildman–Crippen LogP) is 4.18. The summed E-state index contributed by atoms with van der Waals surface area (Å²) in [6.07, 6.45) is 0.137. The molecule has 4 heteroatoms. The van der Waals surface area contributed by atoms with Crippen molar-refractivity contribution in [1.82, 2.24) is 0 Å². The summed E-state index contributed by atoms with van der Waals surface area (Å²) in [6.45, 7) is 3.62. The summed E-state index contributed by atoms with van der Waals surface area (Å²) in [4.78, 5) is 24.2. The number of aryl methyl sites for hydroxylation is 2. The van der Waals surface area contributed by atoms with Gasteiger partial charge in [0, 0.05) is 5.69 Å². The van der Waals surface area contributed by atoms with Crippen molar-refractivity contribution in [2.75, 3.05) is 11.9 Å². The molecular formula is C22H21NO3. The van der Waals surface area contributed by atoms with Crippen LogP contribution in [0.25, 0.3) is 10.8 Å². The number of esters is 1. The Morgan fingerprint density at radius 1 is 0.962 bits per heavy atom. The lowest BCUT2D eigenvalue weighted by Crippen LogP contribution is -2.22. The average Bonchev–Trinajstić information content (AvgIpc) is 2.63. The first-order valence-electron chi connectivity index (χ1n) is 8.52. The molecule has 0 saturated carbocycles. The van der Waals surface area contributed by atoms with Crippen LogP contribution in [-0.4, -0.2) is 18.5 Å². The van der Waals surface area contributed by atoms with Gasteiger partial charge in [0.25, 0.3) is 5.91 Å². The Hall–Kier alpha value is -3.14. The molecule has 4 nitrogen and oxygen atoms in total. The third-order valence-electron chi connectivity index (χ3n) is 4.23. The molecule has 0 aliphatic carbocycles. The first kappa shape index (κ1) is 17.7. The quantitative estimate of drug-likeness (QED) is 0.705. The van der Waals surface area contributed by atoms with Crippen LogP contribution >= 0.6 is 0 Å². The van der Waals surface area contributed by atoms with Gasteiger partial charge in [0.1, 0.15) is 0 Å². The van der Waals surface area contributed by atoms with Crippen LogP contribution in [-0.2, 0) is 20.7 Å². The molecule has 1 amide bonds. The number of rotatable bonds is 5. The summed E-state index contributed by atoms with van der Waals surface area (Å²) in [5, 5.41) is 4.86. The van der Waals surface area contributed by atoms with E-state index in [0.29, 0.717) is 0 Å². The van der Waals surface area contributed by atoms with E-state index in [-0.39, 0.29) is 18.9 Å². The lowest BCUT2D eigenvalue weighted by molar-refractivity contribution is -0.146. The molecule has 3 rings (SSSR count). The van der Waals surface area contributed by atoms with Crippen LogP contribution in [0.3, 0.4) is 0 Å². The summed E-state index contributed by atoms with van der Waals surface area (Å²) in [5.41, 5.74) is 3.72. The van der Waals surface area contributed by atoms with E-state index >= 15 is 0 Å². The van der Waals surface area contributed by atoms with Crippen molar-refractivity contribution in [3.05, 3.63) is 77.4 Å². The Balaban J connectivity index is 1.57. The van der Waals surface area contributed by atoms with E-state index in [1.165, 1.54) is 0 Å². The molecule has 0 unspecified atom stereocenters. The van der Waals surface area contributed by atoms with E-state index in [1.54, 1.807) is 0 Å². The molecule has 0 spiro atoms. The van der Waals surface area contributed by atoms with Crippen molar-refractivity contribution in [3.8, 4) is 0 Å². The van der Waals surface area contributed by atoms with Gasteiger partial charge >= 0.3 is 5.97 Å². The number of ether oxygens (including phenoxy) is 1. The largest absolute Gasteiger partial charge is 0.455 e. The van der Waals surface area contributed by atoms with Crippen LogP contribution in [0.5, 0.6) is 0 Å². The Morgan fingerprint density at radius 2 is 1.73 bits per heavy atom. The summed E-state index contributed by atoms with van der Waals surface area (Å²) in [7, 11) is 0. The fraction of sp³-hybridized carbons (Fsp3) is 0.182. The Morgan fingerprint density at radius 3 is 2.54 bits per heavy atom. The van der Waals surface area contributed by atoms with E-state index in [0.717, 1.165) is 33.2 Å². The van der Waals surface area contributed by atoms with Gasteiger partial charge in [-0.3, -0.25) is 9.59 Å². The van der Waals surface area contributed by atoms with Crippen LogP contribution in [0.2, 0.25) is 0 Å². The van der Waals surface area contributed by atoms with E-state index < -0.39 is 5.97 Å². The highest BCUT2D eigenvalue weighted by Crippen LogP contribution is 2.19. The van der Waals surface area contributed by atoms with Gasteiger partial charge in [-0.1, -0.05) is 60.2 Å². The number of hydrogen-bond donors (Lipinski definition) is 1. The minimum atomic E-state index is -0.419. The third kappa shape index (κ3) is 4.28. The number of anilines is 1. The number of carbonyl (C=O) groups excluding carboxylic acids is 2. The predicted molar refractivity (Wildman–Crippen MR) is 103 cm³/mol. The first-order valence-corrected chi connectivity index (χ1v) is 8.52. The van der Waals surface area contributed by atoms with Gasteiger partial charge in [-0.25, -0.2) is 0 Å². The van der Waals surface area contributed by atoms with Gasteiger partial charge in [0.15, 0.2) is 6.61 Å². The lowest BCUT2D eigenvalue weighted by Gasteiger charge is -2.10. The molecule has 3 aromatic carbocycles. The van der Waals surface area contributed by atoms with Crippen molar-refractivity contribution in [2.24, 2.45) is 0 Å².